The lowest BCUT2D eigenvalue weighted by atomic mass is 9.83. The molecule has 0 radical (unpaired) electrons. The normalized spacial score (nSPS) is 21.2. The predicted octanol–water partition coefficient (Wildman–Crippen LogP) is 4.35. The predicted molar refractivity (Wildman–Crippen MR) is 137 cm³/mol. The third-order valence-corrected chi connectivity index (χ3v) is 7.62. The number of rotatable bonds is 7. The Morgan fingerprint density at radius 1 is 1.00 bits per heavy atom. The standard InChI is InChI=1S/C29H28F2N2O5/c1-29(14-34,15-35)19-8-6-17(7-9-19)16-2-4-18(5-3-16)24-20(30)12-21-26(25(24)31)33-28(32-21)38-23-13-37-22-10-11-36-27(22)23/h2-9,12,22-23,27,34-35H,10-11,13-15H2,1H3,(H,32,33)/t22-,23?,27+/m1/s1. The highest BCUT2D eigenvalue weighted by Gasteiger charge is 2.43. The van der Waals surface area contributed by atoms with Crippen LogP contribution in [0.15, 0.2) is 54.6 Å². The van der Waals surface area contributed by atoms with Crippen LogP contribution in [-0.2, 0) is 14.9 Å². The zero-order chi connectivity index (χ0) is 26.4. The van der Waals surface area contributed by atoms with Gasteiger partial charge in [0.15, 0.2) is 11.9 Å². The molecule has 0 bridgehead atoms. The second-order valence-corrected chi connectivity index (χ2v) is 10.2. The van der Waals surface area contributed by atoms with Crippen molar-refractivity contribution in [1.29, 1.82) is 0 Å². The Balaban J connectivity index is 1.25. The second-order valence-electron chi connectivity index (χ2n) is 10.2. The Morgan fingerprint density at radius 2 is 1.66 bits per heavy atom. The van der Waals surface area contributed by atoms with Gasteiger partial charge in [0.2, 0.25) is 0 Å². The number of benzene rings is 3. The highest BCUT2D eigenvalue weighted by molar-refractivity contribution is 5.84. The van der Waals surface area contributed by atoms with Gasteiger partial charge in [0.25, 0.3) is 6.01 Å². The first-order chi connectivity index (χ1) is 18.4. The Hall–Kier alpha value is -3.37. The summed E-state index contributed by atoms with van der Waals surface area (Å²) in [5, 5.41) is 19.3. The summed E-state index contributed by atoms with van der Waals surface area (Å²) in [6, 6.07) is 15.7. The van der Waals surface area contributed by atoms with Gasteiger partial charge in [-0.3, -0.25) is 0 Å². The molecular formula is C29H28F2N2O5. The van der Waals surface area contributed by atoms with Crippen molar-refractivity contribution >= 4 is 11.0 Å². The van der Waals surface area contributed by atoms with Gasteiger partial charge in [-0.2, -0.15) is 4.98 Å². The number of halogens is 2. The van der Waals surface area contributed by atoms with Crippen molar-refractivity contribution in [3.63, 3.8) is 0 Å². The van der Waals surface area contributed by atoms with Crippen molar-refractivity contribution in [3.05, 3.63) is 71.8 Å². The monoisotopic (exact) mass is 522 g/mol. The van der Waals surface area contributed by atoms with E-state index >= 15 is 8.78 Å². The van der Waals surface area contributed by atoms with Crippen LogP contribution in [0.3, 0.4) is 0 Å². The first-order valence-electron chi connectivity index (χ1n) is 12.6. The molecule has 1 unspecified atom stereocenters. The molecule has 9 heteroatoms. The van der Waals surface area contributed by atoms with E-state index in [2.05, 4.69) is 9.97 Å². The molecule has 2 aliphatic rings. The number of hydrogen-bond acceptors (Lipinski definition) is 6. The molecule has 2 saturated heterocycles. The number of aliphatic hydroxyl groups is 2. The minimum atomic E-state index is -0.770. The molecule has 7 nitrogen and oxygen atoms in total. The largest absolute Gasteiger partial charge is 0.456 e. The Kier molecular flexibility index (Phi) is 6.39. The van der Waals surface area contributed by atoms with Gasteiger partial charge >= 0.3 is 0 Å². The summed E-state index contributed by atoms with van der Waals surface area (Å²) in [5.74, 6) is -1.48. The van der Waals surface area contributed by atoms with E-state index in [0.29, 0.717) is 18.8 Å². The smallest absolute Gasteiger partial charge is 0.295 e. The molecule has 1 aromatic heterocycles. The van der Waals surface area contributed by atoms with E-state index in [1.165, 1.54) is 6.07 Å². The molecule has 3 atom stereocenters. The molecule has 2 aliphatic heterocycles. The van der Waals surface area contributed by atoms with Crippen molar-refractivity contribution < 1.29 is 33.2 Å². The summed E-state index contributed by atoms with van der Waals surface area (Å²) in [5.41, 5.74) is 2.26. The van der Waals surface area contributed by atoms with Gasteiger partial charge in [-0.05, 0) is 28.7 Å². The summed E-state index contributed by atoms with van der Waals surface area (Å²) in [4.78, 5) is 7.12. The summed E-state index contributed by atoms with van der Waals surface area (Å²) in [6.07, 6.45) is 0.250. The van der Waals surface area contributed by atoms with E-state index in [-0.39, 0.29) is 54.1 Å². The topological polar surface area (TPSA) is 96.8 Å². The minimum Gasteiger partial charge on any atom is -0.456 e. The fourth-order valence-corrected chi connectivity index (χ4v) is 5.18. The number of imidazole rings is 1. The number of hydrogen-bond donors (Lipinski definition) is 3. The number of nitrogens with one attached hydrogen (secondary N) is 1. The van der Waals surface area contributed by atoms with Crippen LogP contribution < -0.4 is 4.74 Å². The van der Waals surface area contributed by atoms with Gasteiger partial charge in [0.1, 0.15) is 17.4 Å². The average molecular weight is 523 g/mol. The van der Waals surface area contributed by atoms with Crippen molar-refractivity contribution in [2.75, 3.05) is 26.4 Å². The zero-order valence-electron chi connectivity index (χ0n) is 20.8. The third kappa shape index (κ3) is 4.25. The number of H-pyrrole nitrogens is 1. The van der Waals surface area contributed by atoms with Crippen molar-refractivity contribution in [2.24, 2.45) is 0 Å². The molecule has 198 valence electrons. The van der Waals surface area contributed by atoms with Gasteiger partial charge < -0.3 is 29.4 Å². The van der Waals surface area contributed by atoms with E-state index in [9.17, 15) is 10.2 Å². The number of aromatic nitrogens is 2. The molecular weight excluding hydrogens is 494 g/mol. The SMILES string of the molecule is CC(CO)(CO)c1ccc(-c2ccc(-c3c(F)cc4[nH]c(OC5CO[C@@H]6CCO[C@H]56)nc4c3F)cc2)cc1. The molecule has 3 heterocycles. The average Bonchev–Trinajstić information content (AvgIpc) is 3.66. The van der Waals surface area contributed by atoms with Crippen LogP contribution in [0.25, 0.3) is 33.3 Å². The van der Waals surface area contributed by atoms with E-state index < -0.39 is 17.0 Å². The number of nitrogens with zero attached hydrogens (tertiary/aromatic N) is 1. The van der Waals surface area contributed by atoms with Crippen LogP contribution in [0, 0.1) is 11.6 Å². The van der Waals surface area contributed by atoms with Crippen LogP contribution in [0.4, 0.5) is 8.78 Å². The van der Waals surface area contributed by atoms with E-state index in [0.717, 1.165) is 23.1 Å². The lowest BCUT2D eigenvalue weighted by Gasteiger charge is -2.25. The molecule has 0 amide bonds. The molecule has 6 rings (SSSR count). The van der Waals surface area contributed by atoms with Crippen LogP contribution >= 0.6 is 0 Å². The third-order valence-electron chi connectivity index (χ3n) is 7.62. The molecule has 3 N–H and O–H groups in total. The van der Waals surface area contributed by atoms with Crippen LogP contribution in [0.2, 0.25) is 0 Å². The molecule has 3 aromatic carbocycles. The van der Waals surface area contributed by atoms with Crippen LogP contribution in [0.5, 0.6) is 6.01 Å². The van der Waals surface area contributed by atoms with Gasteiger partial charge in [-0.25, -0.2) is 8.78 Å². The quantitative estimate of drug-likeness (QED) is 0.334. The zero-order valence-corrected chi connectivity index (χ0v) is 20.8. The van der Waals surface area contributed by atoms with E-state index in [4.69, 9.17) is 14.2 Å². The Labute approximate surface area is 218 Å². The maximum Gasteiger partial charge on any atom is 0.295 e. The molecule has 0 saturated carbocycles. The lowest BCUT2D eigenvalue weighted by molar-refractivity contribution is 0.0273. The summed E-state index contributed by atoms with van der Waals surface area (Å²) >= 11 is 0. The van der Waals surface area contributed by atoms with Gasteiger partial charge in [0.05, 0.1) is 37.0 Å². The Bertz CT molecular complexity index is 1450. The van der Waals surface area contributed by atoms with Gasteiger partial charge in [-0.1, -0.05) is 55.5 Å². The van der Waals surface area contributed by atoms with Crippen LogP contribution in [-0.4, -0.2) is 64.9 Å². The maximum absolute atomic E-state index is 15.5. The van der Waals surface area contributed by atoms with Gasteiger partial charge in [0, 0.05) is 18.1 Å². The van der Waals surface area contributed by atoms with Crippen molar-refractivity contribution in [1.82, 2.24) is 9.97 Å². The number of fused-ring (bicyclic) bond motifs is 2. The first-order valence-corrected chi connectivity index (χ1v) is 12.6. The fraction of sp³-hybridized carbons (Fsp3) is 0.345. The molecule has 0 aliphatic carbocycles. The van der Waals surface area contributed by atoms with Crippen LogP contribution in [0.1, 0.15) is 18.9 Å². The first kappa shape index (κ1) is 24.9. The molecule has 38 heavy (non-hydrogen) atoms. The van der Waals surface area contributed by atoms with Gasteiger partial charge in [-0.15, -0.1) is 0 Å². The number of aliphatic hydroxyl groups excluding tert-OH is 2. The molecule has 2 fully saturated rings. The summed E-state index contributed by atoms with van der Waals surface area (Å²) < 4.78 is 47.9. The highest BCUT2D eigenvalue weighted by Crippen LogP contribution is 2.35. The second kappa shape index (κ2) is 9.74. The lowest BCUT2D eigenvalue weighted by Crippen LogP contribution is -2.32. The number of aromatic amines is 1. The number of ether oxygens (including phenoxy) is 3. The molecule has 0 spiro atoms. The fourth-order valence-electron chi connectivity index (χ4n) is 5.18. The Morgan fingerprint density at radius 3 is 2.34 bits per heavy atom. The summed E-state index contributed by atoms with van der Waals surface area (Å²) in [6.45, 7) is 2.40. The maximum atomic E-state index is 15.5. The van der Waals surface area contributed by atoms with Crippen molar-refractivity contribution in [2.45, 2.75) is 37.1 Å². The van der Waals surface area contributed by atoms with Crippen molar-refractivity contribution in [3.8, 4) is 28.3 Å². The molecule has 4 aromatic rings. The van der Waals surface area contributed by atoms with E-state index in [1.54, 1.807) is 31.2 Å². The highest BCUT2D eigenvalue weighted by atomic mass is 19.1. The minimum absolute atomic E-state index is 0.00492. The van der Waals surface area contributed by atoms with E-state index in [1.807, 2.05) is 24.3 Å². The summed E-state index contributed by atoms with van der Waals surface area (Å²) in [7, 11) is 0.